The average Bonchev–Trinajstić information content (AvgIpc) is 2.48. The monoisotopic (exact) mass is 294 g/mol. The number of nitrogens with zero attached hydrogens (tertiary/aromatic N) is 1. The van der Waals surface area contributed by atoms with E-state index in [0.717, 1.165) is 37.7 Å². The van der Waals surface area contributed by atoms with Crippen LogP contribution in [0, 0.1) is 6.92 Å². The van der Waals surface area contributed by atoms with Crippen LogP contribution >= 0.6 is 11.8 Å². The Morgan fingerprint density at radius 1 is 1.30 bits per heavy atom. The first-order chi connectivity index (χ1) is 9.74. The third-order valence-electron chi connectivity index (χ3n) is 3.24. The summed E-state index contributed by atoms with van der Waals surface area (Å²) in [6.45, 7) is 7.22. The van der Waals surface area contributed by atoms with Crippen molar-refractivity contribution < 1.29 is 9.53 Å². The number of carbonyl (C=O) groups is 1. The summed E-state index contributed by atoms with van der Waals surface area (Å²) in [5.74, 6) is 0.579. The van der Waals surface area contributed by atoms with Gasteiger partial charge in [0.2, 0.25) is 5.91 Å². The molecule has 0 atom stereocenters. The van der Waals surface area contributed by atoms with E-state index in [4.69, 9.17) is 4.74 Å². The van der Waals surface area contributed by atoms with Crippen LogP contribution < -0.4 is 5.32 Å². The second kappa shape index (κ2) is 8.29. The first-order valence-electron chi connectivity index (χ1n) is 7.00. The van der Waals surface area contributed by atoms with Gasteiger partial charge in [-0.25, -0.2) is 0 Å². The summed E-state index contributed by atoms with van der Waals surface area (Å²) in [5, 5.41) is 2.97. The zero-order chi connectivity index (χ0) is 14.2. The molecular weight excluding hydrogens is 272 g/mol. The van der Waals surface area contributed by atoms with Crippen LogP contribution in [0.4, 0.5) is 0 Å². The van der Waals surface area contributed by atoms with E-state index in [2.05, 4.69) is 41.4 Å². The van der Waals surface area contributed by atoms with Crippen molar-refractivity contribution in [2.75, 3.05) is 45.1 Å². The van der Waals surface area contributed by atoms with Gasteiger partial charge in [0.15, 0.2) is 0 Å². The molecule has 20 heavy (non-hydrogen) atoms. The second-order valence-corrected chi connectivity index (χ2v) is 5.95. The van der Waals surface area contributed by atoms with Crippen LogP contribution in [-0.2, 0) is 9.53 Å². The normalized spacial score (nSPS) is 16.1. The molecule has 5 heteroatoms. The maximum Gasteiger partial charge on any atom is 0.230 e. The first kappa shape index (κ1) is 15.4. The van der Waals surface area contributed by atoms with Crippen molar-refractivity contribution >= 4 is 17.7 Å². The first-order valence-corrected chi connectivity index (χ1v) is 7.99. The minimum atomic E-state index is 0.101. The molecule has 1 aromatic carbocycles. The van der Waals surface area contributed by atoms with Crippen LogP contribution in [0.3, 0.4) is 0 Å². The van der Waals surface area contributed by atoms with Crippen molar-refractivity contribution in [2.45, 2.75) is 11.8 Å². The number of rotatable bonds is 6. The highest BCUT2D eigenvalue weighted by atomic mass is 32.2. The molecule has 110 valence electrons. The Kier molecular flexibility index (Phi) is 6.36. The number of hydrogen-bond acceptors (Lipinski definition) is 4. The number of morpholine rings is 1. The smallest absolute Gasteiger partial charge is 0.230 e. The molecule has 0 spiro atoms. The van der Waals surface area contributed by atoms with Crippen LogP contribution in [0.5, 0.6) is 0 Å². The van der Waals surface area contributed by atoms with Crippen molar-refractivity contribution in [3.05, 3.63) is 29.8 Å². The van der Waals surface area contributed by atoms with Crippen molar-refractivity contribution in [3.8, 4) is 0 Å². The number of nitrogens with one attached hydrogen (secondary N) is 1. The molecule has 1 aromatic rings. The lowest BCUT2D eigenvalue weighted by atomic mass is 10.2. The third-order valence-corrected chi connectivity index (χ3v) is 4.26. The van der Waals surface area contributed by atoms with Gasteiger partial charge in [-0.05, 0) is 19.1 Å². The predicted octanol–water partition coefficient (Wildman–Crippen LogP) is 1.54. The zero-order valence-electron chi connectivity index (χ0n) is 11.9. The van der Waals surface area contributed by atoms with Crippen LogP contribution in [0.1, 0.15) is 5.56 Å². The minimum absolute atomic E-state index is 0.101. The van der Waals surface area contributed by atoms with Crippen molar-refractivity contribution in [1.29, 1.82) is 0 Å². The van der Waals surface area contributed by atoms with Crippen molar-refractivity contribution in [2.24, 2.45) is 0 Å². The van der Waals surface area contributed by atoms with Crippen LogP contribution in [0.25, 0.3) is 0 Å². The standard InChI is InChI=1S/C15H22N2O2S/c1-13-2-4-14(5-3-13)20-12-15(18)16-6-7-17-8-10-19-11-9-17/h2-5H,6-12H2,1H3,(H,16,18). The van der Waals surface area contributed by atoms with Gasteiger partial charge in [0, 0.05) is 31.1 Å². The maximum atomic E-state index is 11.7. The Hall–Kier alpha value is -1.04. The number of ether oxygens (including phenoxy) is 1. The molecule has 1 fully saturated rings. The molecule has 0 radical (unpaired) electrons. The maximum absolute atomic E-state index is 11.7. The van der Waals surface area contributed by atoms with E-state index >= 15 is 0 Å². The van der Waals surface area contributed by atoms with Gasteiger partial charge in [-0.15, -0.1) is 11.8 Å². The molecule has 1 aliphatic heterocycles. The fourth-order valence-electron chi connectivity index (χ4n) is 2.01. The van der Waals surface area contributed by atoms with E-state index in [9.17, 15) is 4.79 Å². The highest BCUT2D eigenvalue weighted by Crippen LogP contribution is 2.17. The van der Waals surface area contributed by atoms with Crippen LogP contribution in [0.2, 0.25) is 0 Å². The Morgan fingerprint density at radius 2 is 2.00 bits per heavy atom. The van der Waals surface area contributed by atoms with Gasteiger partial charge in [0.05, 0.1) is 19.0 Å². The van der Waals surface area contributed by atoms with Crippen molar-refractivity contribution in [3.63, 3.8) is 0 Å². The number of benzene rings is 1. The summed E-state index contributed by atoms with van der Waals surface area (Å²) < 4.78 is 5.29. The Balaban J connectivity index is 1.59. The molecule has 1 saturated heterocycles. The summed E-state index contributed by atoms with van der Waals surface area (Å²) in [7, 11) is 0. The summed E-state index contributed by atoms with van der Waals surface area (Å²) in [5.41, 5.74) is 1.24. The third kappa shape index (κ3) is 5.53. The number of hydrogen-bond donors (Lipinski definition) is 1. The summed E-state index contributed by atoms with van der Waals surface area (Å²) >= 11 is 1.58. The van der Waals surface area contributed by atoms with Gasteiger partial charge in [0.25, 0.3) is 0 Å². The predicted molar refractivity (Wildman–Crippen MR) is 82.2 cm³/mol. The van der Waals surface area contributed by atoms with Gasteiger partial charge in [-0.1, -0.05) is 17.7 Å². The highest BCUT2D eigenvalue weighted by molar-refractivity contribution is 8.00. The number of carbonyl (C=O) groups excluding carboxylic acids is 1. The Morgan fingerprint density at radius 3 is 2.70 bits per heavy atom. The zero-order valence-corrected chi connectivity index (χ0v) is 12.7. The number of thioether (sulfide) groups is 1. The van der Waals surface area contributed by atoms with E-state index in [0.29, 0.717) is 12.3 Å². The minimum Gasteiger partial charge on any atom is -0.379 e. The quantitative estimate of drug-likeness (QED) is 0.808. The molecule has 1 N–H and O–H groups in total. The van der Waals surface area contributed by atoms with Crippen LogP contribution in [0.15, 0.2) is 29.2 Å². The molecule has 2 rings (SSSR count). The number of aryl methyl sites for hydroxylation is 1. The second-order valence-electron chi connectivity index (χ2n) is 4.91. The Labute approximate surface area is 124 Å². The van der Waals surface area contributed by atoms with Gasteiger partial charge in [-0.3, -0.25) is 9.69 Å². The summed E-state index contributed by atoms with van der Waals surface area (Å²) in [6, 6.07) is 8.25. The highest BCUT2D eigenvalue weighted by Gasteiger charge is 2.10. The molecule has 0 aliphatic carbocycles. The topological polar surface area (TPSA) is 41.6 Å². The molecule has 0 unspecified atom stereocenters. The molecule has 1 heterocycles. The number of amides is 1. The van der Waals surface area contributed by atoms with E-state index in [1.54, 1.807) is 11.8 Å². The molecule has 0 saturated carbocycles. The summed E-state index contributed by atoms with van der Waals surface area (Å²) in [4.78, 5) is 15.2. The molecular formula is C15H22N2O2S. The molecule has 0 aromatic heterocycles. The van der Waals surface area contributed by atoms with Gasteiger partial charge in [-0.2, -0.15) is 0 Å². The Bertz CT molecular complexity index is 416. The lowest BCUT2D eigenvalue weighted by Crippen LogP contribution is -2.41. The average molecular weight is 294 g/mol. The van der Waals surface area contributed by atoms with Gasteiger partial charge >= 0.3 is 0 Å². The largest absolute Gasteiger partial charge is 0.379 e. The van der Waals surface area contributed by atoms with Gasteiger partial charge in [0.1, 0.15) is 0 Å². The lowest BCUT2D eigenvalue weighted by Gasteiger charge is -2.26. The molecule has 1 aliphatic rings. The molecule has 0 bridgehead atoms. The van der Waals surface area contributed by atoms with Gasteiger partial charge < -0.3 is 10.1 Å². The van der Waals surface area contributed by atoms with E-state index in [1.807, 2.05) is 0 Å². The molecule has 1 amide bonds. The van der Waals surface area contributed by atoms with Crippen molar-refractivity contribution in [1.82, 2.24) is 10.2 Å². The van der Waals surface area contributed by atoms with Crippen LogP contribution in [-0.4, -0.2) is 56.0 Å². The van der Waals surface area contributed by atoms with E-state index in [1.165, 1.54) is 5.56 Å². The fraction of sp³-hybridized carbons (Fsp3) is 0.533. The lowest BCUT2D eigenvalue weighted by molar-refractivity contribution is -0.118. The summed E-state index contributed by atoms with van der Waals surface area (Å²) in [6.07, 6.45) is 0. The SMILES string of the molecule is Cc1ccc(SCC(=O)NCCN2CCOCC2)cc1. The molecule has 4 nitrogen and oxygen atoms in total. The van der Waals surface area contributed by atoms with E-state index in [-0.39, 0.29) is 5.91 Å². The fourth-order valence-corrected chi connectivity index (χ4v) is 2.74. The van der Waals surface area contributed by atoms with E-state index < -0.39 is 0 Å².